The van der Waals surface area contributed by atoms with Gasteiger partial charge in [0.25, 0.3) is 0 Å². The van der Waals surface area contributed by atoms with Gasteiger partial charge in [-0.25, -0.2) is 4.98 Å². The lowest BCUT2D eigenvalue weighted by Crippen LogP contribution is -1.90. The van der Waals surface area contributed by atoms with Crippen molar-refractivity contribution < 1.29 is 9.47 Å². The Morgan fingerprint density at radius 1 is 0.667 bits per heavy atom. The highest BCUT2D eigenvalue weighted by Crippen LogP contribution is 2.25. The van der Waals surface area contributed by atoms with Gasteiger partial charge in [0.05, 0.1) is 11.9 Å². The summed E-state index contributed by atoms with van der Waals surface area (Å²) in [4.78, 5) is 4.09. The molecule has 0 saturated heterocycles. The highest BCUT2D eigenvalue weighted by atomic mass is 16.5. The fraction of sp³-hybridized carbons (Fsp3) is 0. The van der Waals surface area contributed by atoms with Crippen molar-refractivity contribution in [1.82, 2.24) is 4.98 Å². The van der Waals surface area contributed by atoms with Gasteiger partial charge in [-0.2, -0.15) is 0 Å². The fourth-order valence-corrected chi connectivity index (χ4v) is 1.77. The van der Waals surface area contributed by atoms with Crippen molar-refractivity contribution in [2.24, 2.45) is 0 Å². The molecule has 104 valence electrons. The smallest absolute Gasteiger partial charge is 0.219 e. The van der Waals surface area contributed by atoms with Gasteiger partial charge in [0.15, 0.2) is 0 Å². The van der Waals surface area contributed by atoms with E-state index >= 15 is 0 Å². The van der Waals surface area contributed by atoms with E-state index in [1.807, 2.05) is 54.6 Å². The van der Waals surface area contributed by atoms with Crippen molar-refractivity contribution >= 4 is 5.69 Å². The van der Waals surface area contributed by atoms with E-state index in [0.717, 1.165) is 11.5 Å². The second-order valence-electron chi connectivity index (χ2n) is 4.42. The summed E-state index contributed by atoms with van der Waals surface area (Å²) >= 11 is 0. The van der Waals surface area contributed by atoms with E-state index in [1.165, 1.54) is 0 Å². The van der Waals surface area contributed by atoms with Crippen LogP contribution in [0.1, 0.15) is 0 Å². The SMILES string of the molecule is Nc1ccc(Oc2ccc(Oc3ccccc3)cc2)nc1. The van der Waals surface area contributed by atoms with Gasteiger partial charge in [-0.3, -0.25) is 0 Å². The average Bonchev–Trinajstić information content (AvgIpc) is 2.53. The zero-order chi connectivity index (χ0) is 14.5. The number of para-hydroxylation sites is 1. The predicted octanol–water partition coefficient (Wildman–Crippen LogP) is 4.25. The Bertz CT molecular complexity index is 695. The van der Waals surface area contributed by atoms with Gasteiger partial charge in [-0.15, -0.1) is 0 Å². The summed E-state index contributed by atoms with van der Waals surface area (Å²) in [6.07, 6.45) is 1.56. The highest BCUT2D eigenvalue weighted by molar-refractivity contribution is 5.39. The van der Waals surface area contributed by atoms with Crippen molar-refractivity contribution in [2.45, 2.75) is 0 Å². The molecule has 1 aromatic heterocycles. The number of pyridine rings is 1. The van der Waals surface area contributed by atoms with E-state index in [0.29, 0.717) is 17.3 Å². The lowest BCUT2D eigenvalue weighted by atomic mass is 10.3. The molecular formula is C17H14N2O2. The molecule has 0 spiro atoms. The molecule has 21 heavy (non-hydrogen) atoms. The largest absolute Gasteiger partial charge is 0.457 e. The van der Waals surface area contributed by atoms with Gasteiger partial charge in [0.2, 0.25) is 5.88 Å². The lowest BCUT2D eigenvalue weighted by Gasteiger charge is -2.07. The quantitative estimate of drug-likeness (QED) is 0.775. The maximum absolute atomic E-state index is 5.71. The van der Waals surface area contributed by atoms with Gasteiger partial charge >= 0.3 is 0 Å². The molecule has 1 heterocycles. The van der Waals surface area contributed by atoms with Crippen LogP contribution in [0.15, 0.2) is 72.9 Å². The molecule has 2 N–H and O–H groups in total. The molecule has 3 aromatic rings. The molecule has 0 atom stereocenters. The maximum atomic E-state index is 5.71. The van der Waals surface area contributed by atoms with Crippen LogP contribution in [0.4, 0.5) is 5.69 Å². The lowest BCUT2D eigenvalue weighted by molar-refractivity contribution is 0.457. The molecular weight excluding hydrogens is 264 g/mol. The molecule has 3 rings (SSSR count). The van der Waals surface area contributed by atoms with Crippen LogP contribution in [0.5, 0.6) is 23.1 Å². The zero-order valence-corrected chi connectivity index (χ0v) is 11.3. The van der Waals surface area contributed by atoms with Crippen molar-refractivity contribution in [1.29, 1.82) is 0 Å². The Morgan fingerprint density at radius 2 is 1.29 bits per heavy atom. The number of aromatic nitrogens is 1. The summed E-state index contributed by atoms with van der Waals surface area (Å²) in [7, 11) is 0. The average molecular weight is 278 g/mol. The fourth-order valence-electron chi connectivity index (χ4n) is 1.77. The number of benzene rings is 2. The molecule has 0 aliphatic rings. The third-order valence-corrected chi connectivity index (χ3v) is 2.78. The number of hydrogen-bond donors (Lipinski definition) is 1. The number of nitrogens with zero attached hydrogens (tertiary/aromatic N) is 1. The molecule has 0 aliphatic carbocycles. The van der Waals surface area contributed by atoms with E-state index < -0.39 is 0 Å². The first-order valence-electron chi connectivity index (χ1n) is 6.52. The second kappa shape index (κ2) is 5.96. The monoisotopic (exact) mass is 278 g/mol. The minimum absolute atomic E-state index is 0.501. The first-order chi connectivity index (χ1) is 10.3. The molecule has 2 aromatic carbocycles. The first-order valence-corrected chi connectivity index (χ1v) is 6.52. The van der Waals surface area contributed by atoms with Crippen LogP contribution in [0.3, 0.4) is 0 Å². The molecule has 0 saturated carbocycles. The van der Waals surface area contributed by atoms with Crippen LogP contribution in [-0.2, 0) is 0 Å². The Labute approximate surface area is 122 Å². The third-order valence-electron chi connectivity index (χ3n) is 2.78. The van der Waals surface area contributed by atoms with Gasteiger partial charge in [0.1, 0.15) is 17.2 Å². The van der Waals surface area contributed by atoms with Crippen LogP contribution in [0.2, 0.25) is 0 Å². The molecule has 0 bridgehead atoms. The topological polar surface area (TPSA) is 57.4 Å². The minimum Gasteiger partial charge on any atom is -0.457 e. The van der Waals surface area contributed by atoms with E-state index in [9.17, 15) is 0 Å². The van der Waals surface area contributed by atoms with Crippen LogP contribution < -0.4 is 15.2 Å². The molecule has 0 fully saturated rings. The Hall–Kier alpha value is -3.01. The Kier molecular flexibility index (Phi) is 3.69. The van der Waals surface area contributed by atoms with E-state index in [1.54, 1.807) is 18.3 Å². The van der Waals surface area contributed by atoms with Crippen LogP contribution in [0, 0.1) is 0 Å². The predicted molar refractivity (Wildman–Crippen MR) is 81.7 cm³/mol. The van der Waals surface area contributed by atoms with Gasteiger partial charge in [-0.1, -0.05) is 18.2 Å². The van der Waals surface area contributed by atoms with E-state index in [4.69, 9.17) is 15.2 Å². The summed E-state index contributed by atoms with van der Waals surface area (Å²) in [6.45, 7) is 0. The molecule has 0 amide bonds. The van der Waals surface area contributed by atoms with Gasteiger partial charge < -0.3 is 15.2 Å². The Balaban J connectivity index is 1.68. The number of rotatable bonds is 4. The number of ether oxygens (including phenoxy) is 2. The van der Waals surface area contributed by atoms with Crippen molar-refractivity contribution in [3.63, 3.8) is 0 Å². The molecule has 4 nitrogen and oxygen atoms in total. The number of nitrogens with two attached hydrogens (primary N) is 1. The summed E-state index contributed by atoms with van der Waals surface area (Å²) in [6, 6.07) is 20.4. The Morgan fingerprint density at radius 3 is 1.90 bits per heavy atom. The molecule has 4 heteroatoms. The minimum atomic E-state index is 0.501. The van der Waals surface area contributed by atoms with Crippen LogP contribution in [0.25, 0.3) is 0 Å². The maximum Gasteiger partial charge on any atom is 0.219 e. The van der Waals surface area contributed by atoms with Crippen molar-refractivity contribution in [3.8, 4) is 23.1 Å². The molecule has 0 aliphatic heterocycles. The molecule has 0 radical (unpaired) electrons. The zero-order valence-electron chi connectivity index (χ0n) is 11.3. The first kappa shape index (κ1) is 13.0. The number of hydrogen-bond acceptors (Lipinski definition) is 4. The number of anilines is 1. The molecule has 0 unspecified atom stereocenters. The summed E-state index contributed by atoms with van der Waals surface area (Å²) < 4.78 is 11.3. The normalized spacial score (nSPS) is 10.1. The van der Waals surface area contributed by atoms with Gasteiger partial charge in [-0.05, 0) is 42.5 Å². The van der Waals surface area contributed by atoms with Crippen LogP contribution in [-0.4, -0.2) is 4.98 Å². The standard InChI is InChI=1S/C17H14N2O2/c18-13-6-11-17(19-12-13)21-16-9-7-15(8-10-16)20-14-4-2-1-3-5-14/h1-12H,18H2. The van der Waals surface area contributed by atoms with Crippen molar-refractivity contribution in [2.75, 3.05) is 5.73 Å². The summed E-state index contributed by atoms with van der Waals surface area (Å²) in [5.74, 6) is 2.73. The number of nitrogen functional groups attached to an aromatic ring is 1. The van der Waals surface area contributed by atoms with E-state index in [2.05, 4.69) is 4.98 Å². The summed E-state index contributed by atoms with van der Waals surface area (Å²) in [5.41, 5.74) is 6.18. The van der Waals surface area contributed by atoms with Crippen molar-refractivity contribution in [3.05, 3.63) is 72.9 Å². The summed E-state index contributed by atoms with van der Waals surface area (Å²) in [5, 5.41) is 0. The highest BCUT2D eigenvalue weighted by Gasteiger charge is 2.00. The third kappa shape index (κ3) is 3.51. The van der Waals surface area contributed by atoms with Crippen LogP contribution >= 0.6 is 0 Å². The second-order valence-corrected chi connectivity index (χ2v) is 4.42. The van der Waals surface area contributed by atoms with E-state index in [-0.39, 0.29) is 0 Å². The van der Waals surface area contributed by atoms with Gasteiger partial charge in [0, 0.05) is 6.07 Å².